The first-order valence-corrected chi connectivity index (χ1v) is 6.40. The lowest BCUT2D eigenvalue weighted by Gasteiger charge is -2.26. The van der Waals surface area contributed by atoms with E-state index in [4.69, 9.17) is 5.11 Å². The van der Waals surface area contributed by atoms with Crippen LogP contribution in [-0.4, -0.2) is 39.5 Å². The fraction of sp³-hybridized carbons (Fsp3) is 0.417. The Bertz CT molecular complexity index is 451. The molecular weight excluding hydrogens is 300 g/mol. The Morgan fingerprint density at radius 1 is 1.56 bits per heavy atom. The highest BCUT2D eigenvalue weighted by molar-refractivity contribution is 9.10. The summed E-state index contributed by atoms with van der Waals surface area (Å²) in [4.78, 5) is 28.4. The van der Waals surface area contributed by atoms with Gasteiger partial charge in [-0.05, 0) is 41.4 Å². The number of rotatable bonds is 5. The third-order valence-electron chi connectivity index (χ3n) is 2.65. The maximum absolute atomic E-state index is 12.3. The van der Waals surface area contributed by atoms with Gasteiger partial charge < -0.3 is 10.0 Å². The number of pyridine rings is 1. The highest BCUT2D eigenvalue weighted by Crippen LogP contribution is 2.17. The van der Waals surface area contributed by atoms with Crippen LogP contribution < -0.4 is 0 Å². The van der Waals surface area contributed by atoms with Crippen LogP contribution in [0.1, 0.15) is 30.8 Å². The lowest BCUT2D eigenvalue weighted by atomic mass is 10.2. The molecule has 0 aliphatic rings. The minimum atomic E-state index is -1.03. The van der Waals surface area contributed by atoms with E-state index in [9.17, 15) is 9.59 Å². The van der Waals surface area contributed by atoms with Gasteiger partial charge >= 0.3 is 5.97 Å². The molecule has 18 heavy (non-hydrogen) atoms. The molecule has 1 atom stereocenters. The van der Waals surface area contributed by atoms with Crippen molar-refractivity contribution in [2.75, 3.05) is 6.54 Å². The van der Waals surface area contributed by atoms with Crippen LogP contribution in [0.25, 0.3) is 0 Å². The van der Waals surface area contributed by atoms with E-state index in [0.29, 0.717) is 10.9 Å². The zero-order chi connectivity index (χ0) is 13.7. The SMILES string of the molecule is CCC(C)N(CC(=O)O)C(=O)c1ncccc1Br. The molecule has 5 nitrogen and oxygen atoms in total. The number of hydrogen-bond donors (Lipinski definition) is 1. The Kier molecular flexibility index (Phi) is 5.27. The van der Waals surface area contributed by atoms with Gasteiger partial charge in [-0.3, -0.25) is 9.59 Å². The maximum atomic E-state index is 12.3. The van der Waals surface area contributed by atoms with Crippen molar-refractivity contribution in [2.24, 2.45) is 0 Å². The first kappa shape index (κ1) is 14.6. The monoisotopic (exact) mass is 314 g/mol. The van der Waals surface area contributed by atoms with E-state index in [1.807, 2.05) is 13.8 Å². The first-order chi connectivity index (χ1) is 8.47. The lowest BCUT2D eigenvalue weighted by molar-refractivity contribution is -0.138. The van der Waals surface area contributed by atoms with Crippen LogP contribution in [0.3, 0.4) is 0 Å². The van der Waals surface area contributed by atoms with E-state index in [0.717, 1.165) is 0 Å². The molecule has 1 rings (SSSR count). The maximum Gasteiger partial charge on any atom is 0.323 e. The number of carbonyl (C=O) groups excluding carboxylic acids is 1. The smallest absolute Gasteiger partial charge is 0.323 e. The van der Waals surface area contributed by atoms with Gasteiger partial charge in [-0.15, -0.1) is 0 Å². The second-order valence-electron chi connectivity index (χ2n) is 3.92. The topological polar surface area (TPSA) is 70.5 Å². The van der Waals surface area contributed by atoms with Crippen molar-refractivity contribution in [1.82, 2.24) is 9.88 Å². The molecule has 0 aliphatic carbocycles. The summed E-state index contributed by atoms with van der Waals surface area (Å²) in [5.74, 6) is -1.41. The number of carbonyl (C=O) groups is 2. The fourth-order valence-electron chi connectivity index (χ4n) is 1.47. The van der Waals surface area contributed by atoms with Gasteiger partial charge in [0, 0.05) is 16.7 Å². The summed E-state index contributed by atoms with van der Waals surface area (Å²) in [6.07, 6.45) is 2.19. The summed E-state index contributed by atoms with van der Waals surface area (Å²) in [6, 6.07) is 3.25. The highest BCUT2D eigenvalue weighted by Gasteiger charge is 2.25. The standard InChI is InChI=1S/C12H15BrN2O3/c1-3-8(2)15(7-10(16)17)12(18)11-9(13)5-4-6-14-11/h4-6,8H,3,7H2,1-2H3,(H,16,17). The number of hydrogen-bond acceptors (Lipinski definition) is 3. The largest absolute Gasteiger partial charge is 0.480 e. The summed E-state index contributed by atoms with van der Waals surface area (Å²) in [5.41, 5.74) is 0.235. The number of aromatic nitrogens is 1. The third-order valence-corrected chi connectivity index (χ3v) is 3.29. The summed E-state index contributed by atoms with van der Waals surface area (Å²) in [6.45, 7) is 3.40. The summed E-state index contributed by atoms with van der Waals surface area (Å²) >= 11 is 3.25. The number of halogens is 1. The van der Waals surface area contributed by atoms with Gasteiger partial charge in [0.2, 0.25) is 0 Å². The molecule has 0 aromatic carbocycles. The van der Waals surface area contributed by atoms with Crippen LogP contribution in [0.15, 0.2) is 22.8 Å². The molecule has 6 heteroatoms. The zero-order valence-electron chi connectivity index (χ0n) is 10.3. The van der Waals surface area contributed by atoms with Crippen molar-refractivity contribution >= 4 is 27.8 Å². The molecule has 1 aromatic heterocycles. The second kappa shape index (κ2) is 6.49. The molecule has 1 unspecified atom stereocenters. The fourth-order valence-corrected chi connectivity index (χ4v) is 1.90. The predicted octanol–water partition coefficient (Wildman–Crippen LogP) is 2.17. The van der Waals surface area contributed by atoms with Crippen molar-refractivity contribution in [2.45, 2.75) is 26.3 Å². The minimum Gasteiger partial charge on any atom is -0.480 e. The first-order valence-electron chi connectivity index (χ1n) is 5.60. The van der Waals surface area contributed by atoms with Crippen LogP contribution >= 0.6 is 15.9 Å². The number of carboxylic acids is 1. The number of carboxylic acid groups (broad SMARTS) is 1. The van der Waals surface area contributed by atoms with Crippen LogP contribution in [0.2, 0.25) is 0 Å². The van der Waals surface area contributed by atoms with E-state index in [2.05, 4.69) is 20.9 Å². The predicted molar refractivity (Wildman–Crippen MR) is 70.4 cm³/mol. The van der Waals surface area contributed by atoms with Crippen molar-refractivity contribution < 1.29 is 14.7 Å². The van der Waals surface area contributed by atoms with Crippen molar-refractivity contribution in [3.05, 3.63) is 28.5 Å². The minimum absolute atomic E-state index is 0.150. The summed E-state index contributed by atoms with van der Waals surface area (Å²) in [5, 5.41) is 8.87. The molecular formula is C12H15BrN2O3. The lowest BCUT2D eigenvalue weighted by Crippen LogP contribution is -2.42. The molecule has 0 spiro atoms. The van der Waals surface area contributed by atoms with Crippen molar-refractivity contribution in [3.63, 3.8) is 0 Å². The molecule has 0 saturated heterocycles. The van der Waals surface area contributed by atoms with Gasteiger partial charge in [-0.2, -0.15) is 0 Å². The van der Waals surface area contributed by atoms with Gasteiger partial charge in [0.25, 0.3) is 5.91 Å². The second-order valence-corrected chi connectivity index (χ2v) is 4.77. The van der Waals surface area contributed by atoms with Gasteiger partial charge in [0.15, 0.2) is 0 Å². The average molecular weight is 315 g/mol. The Hall–Kier alpha value is -1.43. The molecule has 0 saturated carbocycles. The van der Waals surface area contributed by atoms with E-state index >= 15 is 0 Å². The van der Waals surface area contributed by atoms with Crippen LogP contribution in [-0.2, 0) is 4.79 Å². The van der Waals surface area contributed by atoms with E-state index in [1.54, 1.807) is 12.1 Å². The molecule has 0 bridgehead atoms. The molecule has 1 N–H and O–H groups in total. The molecule has 0 radical (unpaired) electrons. The molecule has 1 amide bonds. The number of amides is 1. The summed E-state index contributed by atoms with van der Waals surface area (Å²) < 4.78 is 0.564. The van der Waals surface area contributed by atoms with Crippen LogP contribution in [0, 0.1) is 0 Å². The molecule has 0 fully saturated rings. The van der Waals surface area contributed by atoms with Gasteiger partial charge in [0.1, 0.15) is 12.2 Å². The van der Waals surface area contributed by atoms with E-state index in [-0.39, 0.29) is 24.2 Å². The zero-order valence-corrected chi connectivity index (χ0v) is 11.8. The Morgan fingerprint density at radius 2 is 2.22 bits per heavy atom. The quantitative estimate of drug-likeness (QED) is 0.904. The van der Waals surface area contributed by atoms with Gasteiger partial charge in [-0.25, -0.2) is 4.98 Å². The van der Waals surface area contributed by atoms with Crippen LogP contribution in [0.5, 0.6) is 0 Å². The molecule has 1 heterocycles. The van der Waals surface area contributed by atoms with Crippen LogP contribution in [0.4, 0.5) is 0 Å². The molecule has 0 aliphatic heterocycles. The normalized spacial score (nSPS) is 11.9. The summed E-state index contributed by atoms with van der Waals surface area (Å²) in [7, 11) is 0. The molecule has 1 aromatic rings. The average Bonchev–Trinajstić information content (AvgIpc) is 2.34. The van der Waals surface area contributed by atoms with E-state index in [1.165, 1.54) is 11.1 Å². The third kappa shape index (κ3) is 3.53. The Labute approximate surface area is 114 Å². The number of nitrogens with zero attached hydrogens (tertiary/aromatic N) is 2. The van der Waals surface area contributed by atoms with Crippen molar-refractivity contribution in [3.8, 4) is 0 Å². The van der Waals surface area contributed by atoms with Crippen molar-refractivity contribution in [1.29, 1.82) is 0 Å². The van der Waals surface area contributed by atoms with Gasteiger partial charge in [0.05, 0.1) is 0 Å². The number of aliphatic carboxylic acids is 1. The Morgan fingerprint density at radius 3 is 2.72 bits per heavy atom. The van der Waals surface area contributed by atoms with Gasteiger partial charge in [-0.1, -0.05) is 6.92 Å². The molecule has 98 valence electrons. The highest BCUT2D eigenvalue weighted by atomic mass is 79.9. The van der Waals surface area contributed by atoms with E-state index < -0.39 is 5.97 Å². The Balaban J connectivity index is 3.02.